The first-order valence-electron chi connectivity index (χ1n) is 8.74. The molecule has 3 rings (SSSR count). The predicted octanol–water partition coefficient (Wildman–Crippen LogP) is 2.30. The zero-order chi connectivity index (χ0) is 18.4. The van der Waals surface area contributed by atoms with Gasteiger partial charge in [0.2, 0.25) is 10.0 Å². The van der Waals surface area contributed by atoms with Crippen LogP contribution in [0.5, 0.6) is 0 Å². The molecule has 2 N–H and O–H groups in total. The molecule has 0 aromatic heterocycles. The van der Waals surface area contributed by atoms with Crippen LogP contribution in [0.15, 0.2) is 59.5 Å². The standard InChI is InChI=1S/C19H23N3O3S/c23-19(21-22-12-5-2-6-13-22)17-10-7-11-18(14-17)26(24,25)20-15-16-8-3-1-4-9-16/h1,3-4,7-11,14,20H,2,5-6,12-13,15H2,(H,21,23). The second kappa shape index (κ2) is 8.44. The maximum Gasteiger partial charge on any atom is 0.265 e. The number of nitrogens with one attached hydrogen (secondary N) is 2. The fourth-order valence-corrected chi connectivity index (χ4v) is 3.94. The number of amides is 1. The van der Waals surface area contributed by atoms with Gasteiger partial charge in [-0.05, 0) is 36.6 Å². The van der Waals surface area contributed by atoms with Crippen molar-refractivity contribution in [1.82, 2.24) is 15.2 Å². The Labute approximate surface area is 154 Å². The van der Waals surface area contributed by atoms with E-state index >= 15 is 0 Å². The van der Waals surface area contributed by atoms with Crippen molar-refractivity contribution in [3.63, 3.8) is 0 Å². The fourth-order valence-electron chi connectivity index (χ4n) is 2.88. The van der Waals surface area contributed by atoms with Crippen LogP contribution in [-0.2, 0) is 16.6 Å². The second-order valence-electron chi connectivity index (χ2n) is 6.33. The van der Waals surface area contributed by atoms with Crippen LogP contribution in [0.2, 0.25) is 0 Å². The molecule has 1 saturated heterocycles. The number of hydrazine groups is 1. The largest absolute Gasteiger partial charge is 0.285 e. The molecule has 0 saturated carbocycles. The molecule has 1 heterocycles. The van der Waals surface area contributed by atoms with E-state index in [1.54, 1.807) is 12.1 Å². The summed E-state index contributed by atoms with van der Waals surface area (Å²) in [6, 6.07) is 15.4. The summed E-state index contributed by atoms with van der Waals surface area (Å²) < 4.78 is 27.6. The van der Waals surface area contributed by atoms with E-state index < -0.39 is 10.0 Å². The Hall–Kier alpha value is -2.22. The van der Waals surface area contributed by atoms with Gasteiger partial charge in [-0.25, -0.2) is 18.1 Å². The number of hydrogen-bond acceptors (Lipinski definition) is 4. The maximum atomic E-state index is 12.5. The van der Waals surface area contributed by atoms with Crippen molar-refractivity contribution in [2.45, 2.75) is 30.7 Å². The molecule has 0 aliphatic carbocycles. The van der Waals surface area contributed by atoms with Gasteiger partial charge >= 0.3 is 0 Å². The zero-order valence-corrected chi connectivity index (χ0v) is 15.3. The van der Waals surface area contributed by atoms with Crippen molar-refractivity contribution in [2.24, 2.45) is 0 Å². The summed E-state index contributed by atoms with van der Waals surface area (Å²) in [7, 11) is -3.69. The number of carbonyl (C=O) groups excluding carboxylic acids is 1. The Kier molecular flexibility index (Phi) is 6.03. The van der Waals surface area contributed by atoms with E-state index in [9.17, 15) is 13.2 Å². The van der Waals surface area contributed by atoms with Crippen LogP contribution in [0, 0.1) is 0 Å². The smallest absolute Gasteiger partial charge is 0.265 e. The van der Waals surface area contributed by atoms with Gasteiger partial charge in [0.15, 0.2) is 0 Å². The van der Waals surface area contributed by atoms with E-state index in [4.69, 9.17) is 0 Å². The van der Waals surface area contributed by atoms with Gasteiger partial charge in [-0.3, -0.25) is 10.2 Å². The number of hydrogen-bond donors (Lipinski definition) is 2. The number of sulfonamides is 1. The first-order chi connectivity index (χ1) is 12.5. The summed E-state index contributed by atoms with van der Waals surface area (Å²) in [6.45, 7) is 1.85. The molecule has 2 aromatic carbocycles. The molecule has 26 heavy (non-hydrogen) atoms. The lowest BCUT2D eigenvalue weighted by Gasteiger charge is -2.26. The number of nitrogens with zero attached hydrogens (tertiary/aromatic N) is 1. The fraction of sp³-hybridized carbons (Fsp3) is 0.316. The molecule has 1 fully saturated rings. The third-order valence-corrected chi connectivity index (χ3v) is 5.73. The maximum absolute atomic E-state index is 12.5. The first-order valence-corrected chi connectivity index (χ1v) is 10.2. The lowest BCUT2D eigenvalue weighted by molar-refractivity contribution is 0.0750. The van der Waals surface area contributed by atoms with Crippen LogP contribution in [0.4, 0.5) is 0 Å². The molecule has 0 unspecified atom stereocenters. The van der Waals surface area contributed by atoms with E-state index in [1.807, 2.05) is 35.3 Å². The molecule has 138 valence electrons. The van der Waals surface area contributed by atoms with Crippen molar-refractivity contribution in [1.29, 1.82) is 0 Å². The second-order valence-corrected chi connectivity index (χ2v) is 8.09. The molecule has 1 amide bonds. The third kappa shape index (κ3) is 4.91. The molecular formula is C19H23N3O3S. The molecule has 0 bridgehead atoms. The van der Waals surface area contributed by atoms with Crippen molar-refractivity contribution >= 4 is 15.9 Å². The Morgan fingerprint density at radius 2 is 1.69 bits per heavy atom. The third-order valence-electron chi connectivity index (χ3n) is 4.33. The number of rotatable bonds is 6. The van der Waals surface area contributed by atoms with Gasteiger partial charge in [-0.1, -0.05) is 42.8 Å². The predicted molar refractivity (Wildman–Crippen MR) is 99.8 cm³/mol. The Balaban J connectivity index is 1.68. The van der Waals surface area contributed by atoms with Crippen LogP contribution >= 0.6 is 0 Å². The highest BCUT2D eigenvalue weighted by molar-refractivity contribution is 7.89. The van der Waals surface area contributed by atoms with Crippen molar-refractivity contribution in [3.8, 4) is 0 Å². The molecule has 7 heteroatoms. The molecule has 0 atom stereocenters. The van der Waals surface area contributed by atoms with Crippen LogP contribution in [0.25, 0.3) is 0 Å². The summed E-state index contributed by atoms with van der Waals surface area (Å²) in [6.07, 6.45) is 3.28. The lowest BCUT2D eigenvalue weighted by Crippen LogP contribution is -2.45. The Bertz CT molecular complexity index is 847. The topological polar surface area (TPSA) is 78.5 Å². The van der Waals surface area contributed by atoms with Crippen LogP contribution in [0.1, 0.15) is 35.2 Å². The quantitative estimate of drug-likeness (QED) is 0.814. The number of benzene rings is 2. The van der Waals surface area contributed by atoms with Crippen LogP contribution < -0.4 is 10.1 Å². The minimum absolute atomic E-state index is 0.0831. The lowest BCUT2D eigenvalue weighted by atomic mass is 10.1. The highest BCUT2D eigenvalue weighted by Crippen LogP contribution is 2.13. The Morgan fingerprint density at radius 1 is 0.962 bits per heavy atom. The van der Waals surface area contributed by atoms with Crippen molar-refractivity contribution in [2.75, 3.05) is 13.1 Å². The van der Waals surface area contributed by atoms with Crippen LogP contribution in [0.3, 0.4) is 0 Å². The van der Waals surface area contributed by atoms with Crippen molar-refractivity contribution in [3.05, 3.63) is 65.7 Å². The zero-order valence-electron chi connectivity index (χ0n) is 14.5. The van der Waals surface area contributed by atoms with Gasteiger partial charge in [0.25, 0.3) is 5.91 Å². The molecule has 0 radical (unpaired) electrons. The van der Waals surface area contributed by atoms with Crippen LogP contribution in [-0.4, -0.2) is 32.4 Å². The monoisotopic (exact) mass is 373 g/mol. The minimum Gasteiger partial charge on any atom is -0.285 e. The summed E-state index contributed by atoms with van der Waals surface area (Å²) in [4.78, 5) is 12.5. The average molecular weight is 373 g/mol. The van der Waals surface area contributed by atoms with E-state index in [-0.39, 0.29) is 17.3 Å². The molecule has 6 nitrogen and oxygen atoms in total. The Morgan fingerprint density at radius 3 is 2.42 bits per heavy atom. The van der Waals surface area contributed by atoms with E-state index in [2.05, 4.69) is 10.1 Å². The molecule has 0 spiro atoms. The SMILES string of the molecule is O=C(NN1CCCCC1)c1cccc(S(=O)(=O)NCc2ccccc2)c1. The molecule has 1 aliphatic heterocycles. The summed E-state index contributed by atoms with van der Waals surface area (Å²) in [5.41, 5.74) is 4.05. The highest BCUT2D eigenvalue weighted by atomic mass is 32.2. The summed E-state index contributed by atoms with van der Waals surface area (Å²) >= 11 is 0. The van der Waals surface area contributed by atoms with Gasteiger partial charge < -0.3 is 0 Å². The van der Waals surface area contributed by atoms with E-state index in [0.717, 1.165) is 31.5 Å². The molecule has 2 aromatic rings. The summed E-state index contributed by atoms with van der Waals surface area (Å²) in [5, 5.41) is 1.89. The first kappa shape index (κ1) is 18.6. The molecular weight excluding hydrogens is 350 g/mol. The molecule has 1 aliphatic rings. The highest BCUT2D eigenvalue weighted by Gasteiger charge is 2.18. The van der Waals surface area contributed by atoms with E-state index in [1.165, 1.54) is 18.6 Å². The normalized spacial score (nSPS) is 15.5. The van der Waals surface area contributed by atoms with Gasteiger partial charge in [-0.15, -0.1) is 0 Å². The van der Waals surface area contributed by atoms with Gasteiger partial charge in [0, 0.05) is 25.2 Å². The number of piperidine rings is 1. The summed E-state index contributed by atoms with van der Waals surface area (Å²) in [5.74, 6) is -0.285. The van der Waals surface area contributed by atoms with E-state index in [0.29, 0.717) is 5.56 Å². The average Bonchev–Trinajstić information content (AvgIpc) is 2.68. The van der Waals surface area contributed by atoms with Gasteiger partial charge in [0.05, 0.1) is 4.90 Å². The van der Waals surface area contributed by atoms with Gasteiger partial charge in [-0.2, -0.15) is 0 Å². The minimum atomic E-state index is -3.69. The van der Waals surface area contributed by atoms with Crippen molar-refractivity contribution < 1.29 is 13.2 Å². The number of carbonyl (C=O) groups is 1. The van der Waals surface area contributed by atoms with Gasteiger partial charge in [0.1, 0.15) is 0 Å².